The third-order valence-electron chi connectivity index (χ3n) is 3.93. The number of hydrogen-bond donors (Lipinski definition) is 3. The van der Waals surface area contributed by atoms with Crippen molar-refractivity contribution in [1.29, 1.82) is 0 Å². The Morgan fingerprint density at radius 3 is 2.71 bits per heavy atom. The van der Waals surface area contributed by atoms with Crippen LogP contribution in [0, 0.1) is 17.7 Å². The van der Waals surface area contributed by atoms with Gasteiger partial charge >= 0.3 is 0 Å². The summed E-state index contributed by atoms with van der Waals surface area (Å²) in [7, 11) is -3.96. The molecular weight excluding hydrogens is 363 g/mol. The van der Waals surface area contributed by atoms with Crippen LogP contribution in [0.25, 0.3) is 0 Å². The fraction of sp³-hybridized carbons (Fsp3) is 0.538. The summed E-state index contributed by atoms with van der Waals surface area (Å²) in [5.74, 6) is -0.665. The summed E-state index contributed by atoms with van der Waals surface area (Å²) in [6, 6.07) is 2.13. The molecule has 5 nitrogen and oxygen atoms in total. The quantitative estimate of drug-likeness (QED) is 0.679. The molecule has 0 radical (unpaired) electrons. The Hall–Kier alpha value is -0.700. The maximum absolute atomic E-state index is 13.8. The number of nitrogen functional groups attached to an aromatic ring is 1. The summed E-state index contributed by atoms with van der Waals surface area (Å²) in [6.45, 7) is 0.245. The number of halogens is 2. The lowest BCUT2D eigenvalue weighted by atomic mass is 9.97. The lowest BCUT2D eigenvalue weighted by Crippen LogP contribution is -2.32. The van der Waals surface area contributed by atoms with Crippen molar-refractivity contribution in [3.63, 3.8) is 0 Å². The maximum atomic E-state index is 13.8. The van der Waals surface area contributed by atoms with E-state index in [1.165, 1.54) is 0 Å². The van der Waals surface area contributed by atoms with E-state index < -0.39 is 20.7 Å². The molecule has 1 aromatic carbocycles. The average molecular weight is 381 g/mol. The molecule has 2 unspecified atom stereocenters. The van der Waals surface area contributed by atoms with Crippen LogP contribution < -0.4 is 10.5 Å². The first kappa shape index (κ1) is 16.7. The van der Waals surface area contributed by atoms with Crippen molar-refractivity contribution >= 4 is 31.6 Å². The van der Waals surface area contributed by atoms with Gasteiger partial charge in [0.1, 0.15) is 10.7 Å². The minimum absolute atomic E-state index is 0.0476. The van der Waals surface area contributed by atoms with Crippen LogP contribution in [0.5, 0.6) is 0 Å². The SMILES string of the molecule is Nc1cc(S(=O)(=O)NCC2CCCC2CO)c(F)cc1Br. The number of aliphatic hydroxyl groups excluding tert-OH is 1. The zero-order valence-electron chi connectivity index (χ0n) is 11.4. The van der Waals surface area contributed by atoms with Crippen LogP contribution in [-0.2, 0) is 10.0 Å². The van der Waals surface area contributed by atoms with Gasteiger partial charge in [-0.1, -0.05) is 6.42 Å². The monoisotopic (exact) mass is 380 g/mol. The molecule has 0 spiro atoms. The fourth-order valence-electron chi connectivity index (χ4n) is 2.67. The number of hydrogen-bond acceptors (Lipinski definition) is 4. The summed E-state index contributed by atoms with van der Waals surface area (Å²) in [4.78, 5) is -0.457. The van der Waals surface area contributed by atoms with Crippen LogP contribution in [0.3, 0.4) is 0 Å². The second-order valence-electron chi connectivity index (χ2n) is 5.29. The van der Waals surface area contributed by atoms with Gasteiger partial charge < -0.3 is 10.8 Å². The van der Waals surface area contributed by atoms with Crippen LogP contribution in [0.15, 0.2) is 21.5 Å². The molecule has 0 bridgehead atoms. The largest absolute Gasteiger partial charge is 0.398 e. The normalized spacial score (nSPS) is 22.6. The number of aliphatic hydroxyl groups is 1. The van der Waals surface area contributed by atoms with Gasteiger partial charge in [-0.2, -0.15) is 0 Å². The van der Waals surface area contributed by atoms with Gasteiger partial charge in [0.2, 0.25) is 10.0 Å². The summed E-state index contributed by atoms with van der Waals surface area (Å²) in [5, 5.41) is 9.23. The number of benzene rings is 1. The van der Waals surface area contributed by atoms with Crippen LogP contribution in [0.1, 0.15) is 19.3 Å². The molecule has 4 N–H and O–H groups in total. The number of nitrogens with one attached hydrogen (secondary N) is 1. The number of anilines is 1. The van der Waals surface area contributed by atoms with Gasteiger partial charge in [-0.25, -0.2) is 17.5 Å². The Bertz CT molecular complexity index is 624. The van der Waals surface area contributed by atoms with Crippen molar-refractivity contribution < 1.29 is 17.9 Å². The van der Waals surface area contributed by atoms with E-state index in [2.05, 4.69) is 20.7 Å². The minimum Gasteiger partial charge on any atom is -0.398 e. The Morgan fingerprint density at radius 1 is 1.38 bits per heavy atom. The highest BCUT2D eigenvalue weighted by molar-refractivity contribution is 9.10. The van der Waals surface area contributed by atoms with Gasteiger partial charge in [0.05, 0.1) is 0 Å². The van der Waals surface area contributed by atoms with E-state index in [4.69, 9.17) is 5.73 Å². The molecule has 1 aromatic rings. The second kappa shape index (κ2) is 6.60. The predicted molar refractivity (Wildman–Crippen MR) is 81.6 cm³/mol. The number of sulfonamides is 1. The summed E-state index contributed by atoms with van der Waals surface area (Å²) >= 11 is 3.05. The number of nitrogens with two attached hydrogens (primary N) is 1. The molecule has 0 aliphatic heterocycles. The molecule has 1 fully saturated rings. The van der Waals surface area contributed by atoms with Crippen molar-refractivity contribution in [2.45, 2.75) is 24.2 Å². The van der Waals surface area contributed by atoms with E-state index in [0.717, 1.165) is 31.4 Å². The summed E-state index contributed by atoms with van der Waals surface area (Å²) in [5.41, 5.74) is 5.77. The second-order valence-corrected chi connectivity index (χ2v) is 7.88. The van der Waals surface area contributed by atoms with Crippen molar-refractivity contribution in [2.75, 3.05) is 18.9 Å². The van der Waals surface area contributed by atoms with Gasteiger partial charge in [-0.3, -0.25) is 0 Å². The zero-order chi connectivity index (χ0) is 15.6. The van der Waals surface area contributed by atoms with Gasteiger partial charge in [0.15, 0.2) is 0 Å². The van der Waals surface area contributed by atoms with Crippen molar-refractivity contribution in [2.24, 2.45) is 11.8 Å². The Balaban J connectivity index is 2.14. The fourth-order valence-corrected chi connectivity index (χ4v) is 4.17. The van der Waals surface area contributed by atoms with Gasteiger partial charge in [0, 0.05) is 23.3 Å². The highest BCUT2D eigenvalue weighted by atomic mass is 79.9. The third-order valence-corrected chi connectivity index (χ3v) is 6.05. The molecule has 0 amide bonds. The summed E-state index contributed by atoms with van der Waals surface area (Å²) < 4.78 is 40.9. The van der Waals surface area contributed by atoms with Crippen molar-refractivity contribution in [3.8, 4) is 0 Å². The third kappa shape index (κ3) is 3.74. The molecular formula is C13H18BrFN2O3S. The molecule has 1 aliphatic rings. The van der Waals surface area contributed by atoms with Crippen LogP contribution in [0.2, 0.25) is 0 Å². The van der Waals surface area contributed by atoms with Gasteiger partial charge in [-0.15, -0.1) is 0 Å². The molecule has 1 aliphatic carbocycles. The molecule has 21 heavy (non-hydrogen) atoms. The molecule has 8 heteroatoms. The Labute approximate surface area is 131 Å². The predicted octanol–water partition coefficient (Wildman–Crippen LogP) is 1.86. The first-order valence-corrected chi connectivity index (χ1v) is 8.98. The smallest absolute Gasteiger partial charge is 0.243 e. The highest BCUT2D eigenvalue weighted by Crippen LogP contribution is 2.31. The van der Waals surface area contributed by atoms with Crippen LogP contribution in [-0.4, -0.2) is 26.7 Å². The lowest BCUT2D eigenvalue weighted by molar-refractivity contribution is 0.195. The van der Waals surface area contributed by atoms with Gasteiger partial charge in [0.25, 0.3) is 0 Å². The van der Waals surface area contributed by atoms with Crippen molar-refractivity contribution in [3.05, 3.63) is 22.4 Å². The molecule has 0 heterocycles. The molecule has 1 saturated carbocycles. The van der Waals surface area contributed by atoms with E-state index in [1.807, 2.05) is 0 Å². The minimum atomic E-state index is -3.96. The molecule has 0 aromatic heterocycles. The topological polar surface area (TPSA) is 92.4 Å². The average Bonchev–Trinajstić information content (AvgIpc) is 2.88. The van der Waals surface area contributed by atoms with E-state index in [0.29, 0.717) is 4.47 Å². The van der Waals surface area contributed by atoms with Gasteiger partial charge in [-0.05, 0) is 52.7 Å². The van der Waals surface area contributed by atoms with E-state index in [9.17, 15) is 17.9 Å². The maximum Gasteiger partial charge on any atom is 0.243 e. The standard InChI is InChI=1S/C13H18BrFN2O3S/c14-10-4-11(15)13(5-12(10)16)21(19,20)17-6-8-2-1-3-9(8)7-18/h4-5,8-9,17-18H,1-3,6-7,16H2. The van der Waals surface area contributed by atoms with Crippen LogP contribution >= 0.6 is 15.9 Å². The molecule has 0 saturated heterocycles. The number of rotatable bonds is 5. The molecule has 2 atom stereocenters. The Kier molecular flexibility index (Phi) is 5.24. The van der Waals surface area contributed by atoms with E-state index >= 15 is 0 Å². The first-order valence-electron chi connectivity index (χ1n) is 6.70. The van der Waals surface area contributed by atoms with Crippen molar-refractivity contribution in [1.82, 2.24) is 4.72 Å². The highest BCUT2D eigenvalue weighted by Gasteiger charge is 2.29. The molecule has 2 rings (SSSR count). The van der Waals surface area contributed by atoms with E-state index in [1.54, 1.807) is 0 Å². The first-order chi connectivity index (χ1) is 9.85. The zero-order valence-corrected chi connectivity index (χ0v) is 13.8. The molecule has 118 valence electrons. The Morgan fingerprint density at radius 2 is 2.05 bits per heavy atom. The van der Waals surface area contributed by atoms with Crippen LogP contribution in [0.4, 0.5) is 10.1 Å². The summed E-state index contributed by atoms with van der Waals surface area (Å²) in [6.07, 6.45) is 2.72. The van der Waals surface area contributed by atoms with E-state index in [-0.39, 0.29) is 30.7 Å². The lowest BCUT2D eigenvalue weighted by Gasteiger charge is -2.18.